The minimum absolute atomic E-state index is 0.0317. The molecule has 4 aromatic heterocycles. The summed E-state index contributed by atoms with van der Waals surface area (Å²) in [7, 11) is 2.95. The van der Waals surface area contributed by atoms with Crippen LogP contribution in [0.25, 0.3) is 16.9 Å². The molecule has 0 aliphatic rings. The summed E-state index contributed by atoms with van der Waals surface area (Å²) in [5, 5.41) is 16.2. The quantitative estimate of drug-likeness (QED) is 0.391. The smallest absolute Gasteiger partial charge is 0.414 e. The first-order valence-electron chi connectivity index (χ1n) is 11.0. The van der Waals surface area contributed by atoms with E-state index in [-0.39, 0.29) is 28.2 Å². The number of carboxylic acids is 1. The van der Waals surface area contributed by atoms with Gasteiger partial charge in [0, 0.05) is 19.3 Å². The number of carboxylic acid groups (broad SMARTS) is 1. The fourth-order valence-corrected chi connectivity index (χ4v) is 3.34. The maximum atomic E-state index is 13.2. The van der Waals surface area contributed by atoms with Gasteiger partial charge in [-0.2, -0.15) is 0 Å². The molecule has 13 nitrogen and oxygen atoms in total. The lowest BCUT2D eigenvalue weighted by Crippen LogP contribution is -2.34. The van der Waals surface area contributed by atoms with Crippen LogP contribution in [0.1, 0.15) is 31.3 Å². The summed E-state index contributed by atoms with van der Waals surface area (Å²) in [6, 6.07) is 7.88. The van der Waals surface area contributed by atoms with Gasteiger partial charge < -0.3 is 24.4 Å². The molecule has 2 N–H and O–H groups in total. The summed E-state index contributed by atoms with van der Waals surface area (Å²) in [6.45, 7) is 5.14. The minimum Gasteiger partial charge on any atom is -0.495 e. The minimum atomic E-state index is -1.40. The van der Waals surface area contributed by atoms with Gasteiger partial charge >= 0.3 is 12.1 Å². The zero-order valence-electron chi connectivity index (χ0n) is 20.7. The van der Waals surface area contributed by atoms with Gasteiger partial charge in [0.25, 0.3) is 11.3 Å². The van der Waals surface area contributed by atoms with E-state index in [2.05, 4.69) is 20.4 Å². The predicted molar refractivity (Wildman–Crippen MR) is 133 cm³/mol. The zero-order chi connectivity index (χ0) is 26.9. The maximum Gasteiger partial charge on any atom is 0.414 e. The van der Waals surface area contributed by atoms with Gasteiger partial charge in [0.2, 0.25) is 0 Å². The summed E-state index contributed by atoms with van der Waals surface area (Å²) >= 11 is 0. The molecule has 0 atom stereocenters. The van der Waals surface area contributed by atoms with Crippen molar-refractivity contribution in [1.29, 1.82) is 0 Å². The molecule has 0 saturated heterocycles. The van der Waals surface area contributed by atoms with Crippen LogP contribution < -0.4 is 20.5 Å². The van der Waals surface area contributed by atoms with Gasteiger partial charge in [-0.05, 0) is 45.0 Å². The number of aromatic carboxylic acids is 1. The van der Waals surface area contributed by atoms with Crippen LogP contribution >= 0.6 is 0 Å². The maximum absolute atomic E-state index is 13.2. The standard InChI is InChI=1S/C24H24N6O7/c1-24(2,3)36-23(34)29(4)15-11-16(27-19-18(15)28-37-20(19)22(32)33)26-14-7-6-10-30(21(14)31)17-9-8-13(35-5)12-25-17/h6-12H,1-5H3,(H,26,27)(H,32,33). The number of methoxy groups -OCH3 is 1. The van der Waals surface area contributed by atoms with Gasteiger partial charge in [-0.1, -0.05) is 5.16 Å². The first-order chi connectivity index (χ1) is 17.5. The van der Waals surface area contributed by atoms with Crippen molar-refractivity contribution in [3.05, 3.63) is 58.8 Å². The third-order valence-corrected chi connectivity index (χ3v) is 5.05. The third kappa shape index (κ3) is 5.19. The highest BCUT2D eigenvalue weighted by Crippen LogP contribution is 2.31. The van der Waals surface area contributed by atoms with Crippen molar-refractivity contribution in [2.75, 3.05) is 24.4 Å². The molecule has 4 rings (SSSR count). The summed E-state index contributed by atoms with van der Waals surface area (Å²) in [4.78, 5) is 47.3. The van der Waals surface area contributed by atoms with E-state index in [4.69, 9.17) is 14.0 Å². The third-order valence-electron chi connectivity index (χ3n) is 5.05. The number of nitrogens with one attached hydrogen (secondary N) is 1. The summed E-state index contributed by atoms with van der Waals surface area (Å²) in [5.74, 6) is -0.958. The van der Waals surface area contributed by atoms with Gasteiger partial charge in [0.05, 0.1) is 19.0 Å². The highest BCUT2D eigenvalue weighted by molar-refractivity contribution is 6.05. The van der Waals surface area contributed by atoms with Gasteiger partial charge in [-0.3, -0.25) is 14.3 Å². The Morgan fingerprint density at radius 2 is 1.95 bits per heavy atom. The number of carbonyl (C=O) groups is 2. The average molecular weight is 508 g/mol. The van der Waals surface area contributed by atoms with Crippen molar-refractivity contribution in [3.63, 3.8) is 0 Å². The number of carbonyl (C=O) groups excluding carboxylic acids is 1. The number of rotatable bonds is 6. The van der Waals surface area contributed by atoms with E-state index in [1.54, 1.807) is 45.2 Å². The van der Waals surface area contributed by atoms with Crippen LogP contribution in [0.5, 0.6) is 5.75 Å². The molecule has 0 fully saturated rings. The van der Waals surface area contributed by atoms with E-state index < -0.39 is 29.0 Å². The lowest BCUT2D eigenvalue weighted by atomic mass is 10.2. The van der Waals surface area contributed by atoms with E-state index in [0.29, 0.717) is 11.6 Å². The molecule has 0 aliphatic carbocycles. The molecular weight excluding hydrogens is 484 g/mol. The van der Waals surface area contributed by atoms with Crippen molar-refractivity contribution < 1.29 is 28.7 Å². The summed E-state index contributed by atoms with van der Waals surface area (Å²) < 4.78 is 16.8. The van der Waals surface area contributed by atoms with Crippen LogP contribution in [0.3, 0.4) is 0 Å². The van der Waals surface area contributed by atoms with Crippen LogP contribution in [-0.4, -0.2) is 56.6 Å². The Balaban J connectivity index is 1.78. The first-order valence-corrected chi connectivity index (χ1v) is 11.0. The Kier molecular flexibility index (Phi) is 6.53. The molecule has 0 saturated carbocycles. The molecule has 4 heterocycles. The van der Waals surface area contributed by atoms with Crippen LogP contribution in [-0.2, 0) is 4.74 Å². The molecule has 13 heteroatoms. The Labute approximate surface area is 210 Å². The van der Waals surface area contributed by atoms with Crippen LogP contribution in [0, 0.1) is 0 Å². The lowest BCUT2D eigenvalue weighted by Gasteiger charge is -2.25. The number of hydrogen-bond acceptors (Lipinski definition) is 10. The number of nitrogens with zero attached hydrogens (tertiary/aromatic N) is 5. The molecule has 37 heavy (non-hydrogen) atoms. The molecule has 1 amide bonds. The van der Waals surface area contributed by atoms with Crippen LogP contribution in [0.2, 0.25) is 0 Å². The predicted octanol–water partition coefficient (Wildman–Crippen LogP) is 3.59. The fourth-order valence-electron chi connectivity index (χ4n) is 3.34. The van der Waals surface area contributed by atoms with E-state index in [9.17, 15) is 19.5 Å². The van der Waals surface area contributed by atoms with Crippen molar-refractivity contribution >= 4 is 40.3 Å². The normalized spacial score (nSPS) is 11.3. The van der Waals surface area contributed by atoms with Gasteiger partial charge in [-0.15, -0.1) is 0 Å². The number of anilines is 3. The SMILES string of the molecule is COc1ccc(-n2cccc(Nc3cc(N(C)C(=O)OC(C)(C)C)c4noc(C(=O)O)c4n3)c2=O)nc1. The monoisotopic (exact) mass is 508 g/mol. The van der Waals surface area contributed by atoms with Crippen molar-refractivity contribution in [1.82, 2.24) is 19.7 Å². The Hall–Kier alpha value is -4.94. The second-order valence-corrected chi connectivity index (χ2v) is 8.86. The topological polar surface area (TPSA) is 162 Å². The largest absolute Gasteiger partial charge is 0.495 e. The van der Waals surface area contributed by atoms with Crippen LogP contribution in [0.4, 0.5) is 22.0 Å². The van der Waals surface area contributed by atoms with Crippen molar-refractivity contribution in [3.8, 4) is 11.6 Å². The molecule has 0 spiro atoms. The van der Waals surface area contributed by atoms with Crippen LogP contribution in [0.15, 0.2) is 52.0 Å². The molecule has 0 unspecified atom stereocenters. The van der Waals surface area contributed by atoms with Crippen molar-refractivity contribution in [2.45, 2.75) is 26.4 Å². The van der Waals surface area contributed by atoms with Gasteiger partial charge in [0.15, 0.2) is 5.52 Å². The first kappa shape index (κ1) is 25.2. The van der Waals surface area contributed by atoms with E-state index in [1.807, 2.05) is 0 Å². The Bertz CT molecular complexity index is 1540. The van der Waals surface area contributed by atoms with E-state index in [0.717, 1.165) is 4.90 Å². The lowest BCUT2D eigenvalue weighted by molar-refractivity contribution is 0.0588. The van der Waals surface area contributed by atoms with Gasteiger partial charge in [0.1, 0.15) is 34.2 Å². The second-order valence-electron chi connectivity index (χ2n) is 8.86. The summed E-state index contributed by atoms with van der Waals surface area (Å²) in [6.07, 6.45) is 2.32. The second kappa shape index (κ2) is 9.60. The number of pyridine rings is 3. The number of fused-ring (bicyclic) bond motifs is 1. The number of amides is 1. The number of hydrogen-bond donors (Lipinski definition) is 2. The van der Waals surface area contributed by atoms with Crippen molar-refractivity contribution in [2.24, 2.45) is 0 Å². The zero-order valence-corrected chi connectivity index (χ0v) is 20.7. The number of ether oxygens (including phenoxy) is 2. The fraction of sp³-hybridized carbons (Fsp3) is 0.250. The van der Waals surface area contributed by atoms with E-state index >= 15 is 0 Å². The van der Waals surface area contributed by atoms with E-state index in [1.165, 1.54) is 37.1 Å². The molecule has 4 aromatic rings. The molecule has 0 aliphatic heterocycles. The highest BCUT2D eigenvalue weighted by Gasteiger charge is 2.27. The highest BCUT2D eigenvalue weighted by atomic mass is 16.6. The summed E-state index contributed by atoms with van der Waals surface area (Å²) in [5.41, 5.74) is -1.04. The molecule has 0 bridgehead atoms. The molecular formula is C24H24N6O7. The molecule has 192 valence electrons. The average Bonchev–Trinajstić information content (AvgIpc) is 3.28. The Morgan fingerprint density at radius 1 is 1.19 bits per heavy atom. The molecule has 0 radical (unpaired) electrons. The molecule has 0 aromatic carbocycles. The van der Waals surface area contributed by atoms with Gasteiger partial charge in [-0.25, -0.2) is 19.6 Å². The number of aromatic nitrogens is 4. The Morgan fingerprint density at radius 3 is 2.57 bits per heavy atom.